The highest BCUT2D eigenvalue weighted by atomic mass is 16.6. The molecule has 0 bridgehead atoms. The zero-order valence-electron chi connectivity index (χ0n) is 11.3. The van der Waals surface area contributed by atoms with Crippen molar-refractivity contribution in [3.63, 3.8) is 0 Å². The molecule has 0 spiro atoms. The second kappa shape index (κ2) is 5.90. The number of hydrogen-bond donors (Lipinski definition) is 1. The van der Waals surface area contributed by atoms with E-state index in [0.717, 1.165) is 12.8 Å². The molecular weight excluding hydrogens is 230 g/mol. The molecule has 0 saturated heterocycles. The first-order chi connectivity index (χ1) is 8.31. The molecule has 1 unspecified atom stereocenters. The molecule has 18 heavy (non-hydrogen) atoms. The van der Waals surface area contributed by atoms with Crippen molar-refractivity contribution in [2.45, 2.75) is 58.1 Å². The molecule has 1 amide bonds. The fourth-order valence-electron chi connectivity index (χ4n) is 1.72. The summed E-state index contributed by atoms with van der Waals surface area (Å²) < 4.78 is 5.19. The van der Waals surface area contributed by atoms with Crippen molar-refractivity contribution in [3.8, 4) is 12.3 Å². The second-order valence-electron chi connectivity index (χ2n) is 5.71. The Morgan fingerprint density at radius 2 is 2.06 bits per heavy atom. The first-order valence-corrected chi connectivity index (χ1v) is 6.26. The molecule has 0 radical (unpaired) electrons. The van der Waals surface area contributed by atoms with Gasteiger partial charge in [-0.1, -0.05) is 5.92 Å². The zero-order chi connectivity index (χ0) is 13.8. The zero-order valence-corrected chi connectivity index (χ0v) is 11.3. The summed E-state index contributed by atoms with van der Waals surface area (Å²) in [5, 5.41) is 2.77. The molecule has 4 heteroatoms. The lowest BCUT2D eigenvalue weighted by atomic mass is 10.0. The van der Waals surface area contributed by atoms with Gasteiger partial charge in [0.15, 0.2) is 0 Å². The largest absolute Gasteiger partial charge is 0.444 e. The van der Waals surface area contributed by atoms with Crippen molar-refractivity contribution in [3.05, 3.63) is 0 Å². The number of alkyl carbamates (subject to hydrolysis) is 1. The van der Waals surface area contributed by atoms with E-state index in [2.05, 4.69) is 11.2 Å². The standard InChI is InChI=1S/C14H21NO3/c1-5-6-11(16)9-12(10-7-8-10)15-13(17)18-14(2,3)4/h1,10,12H,6-9H2,2-4H3,(H,15,17). The highest BCUT2D eigenvalue weighted by Gasteiger charge is 2.34. The number of ether oxygens (including phenoxy) is 1. The van der Waals surface area contributed by atoms with Crippen molar-refractivity contribution in [2.75, 3.05) is 0 Å². The van der Waals surface area contributed by atoms with Crippen LogP contribution >= 0.6 is 0 Å². The number of hydrogen-bond acceptors (Lipinski definition) is 3. The predicted octanol–water partition coefficient (Wildman–Crippen LogP) is 2.27. The maximum atomic E-state index is 11.7. The number of carbonyl (C=O) groups is 2. The van der Waals surface area contributed by atoms with Gasteiger partial charge < -0.3 is 10.1 Å². The summed E-state index contributed by atoms with van der Waals surface area (Å²) in [5.41, 5.74) is -0.527. The van der Waals surface area contributed by atoms with E-state index in [-0.39, 0.29) is 18.2 Å². The molecule has 0 aromatic heterocycles. The van der Waals surface area contributed by atoms with Crippen molar-refractivity contribution >= 4 is 11.9 Å². The summed E-state index contributed by atoms with van der Waals surface area (Å²) in [4.78, 5) is 23.2. The van der Waals surface area contributed by atoms with E-state index >= 15 is 0 Å². The third-order valence-corrected chi connectivity index (χ3v) is 2.64. The molecule has 1 atom stereocenters. The quantitative estimate of drug-likeness (QED) is 0.763. The topological polar surface area (TPSA) is 55.4 Å². The lowest BCUT2D eigenvalue weighted by Crippen LogP contribution is -2.41. The molecule has 1 rings (SSSR count). The molecule has 1 N–H and O–H groups in total. The Hall–Kier alpha value is -1.50. The Morgan fingerprint density at radius 3 is 2.50 bits per heavy atom. The van der Waals surface area contributed by atoms with Crippen LogP contribution in [0.2, 0.25) is 0 Å². The SMILES string of the molecule is C#CCC(=O)CC(NC(=O)OC(C)(C)C)C1CC1. The van der Waals surface area contributed by atoms with Gasteiger partial charge in [-0.05, 0) is 39.5 Å². The Bertz CT molecular complexity index is 358. The van der Waals surface area contributed by atoms with Crippen molar-refractivity contribution < 1.29 is 14.3 Å². The number of amides is 1. The van der Waals surface area contributed by atoms with Gasteiger partial charge in [0.25, 0.3) is 0 Å². The lowest BCUT2D eigenvalue weighted by Gasteiger charge is -2.23. The van der Waals surface area contributed by atoms with Crippen LogP contribution in [0, 0.1) is 18.3 Å². The normalized spacial score (nSPS) is 16.6. The van der Waals surface area contributed by atoms with Crippen molar-refractivity contribution in [1.82, 2.24) is 5.32 Å². The molecule has 1 saturated carbocycles. The van der Waals surface area contributed by atoms with Crippen molar-refractivity contribution in [1.29, 1.82) is 0 Å². The summed E-state index contributed by atoms with van der Waals surface area (Å²) in [6.45, 7) is 5.42. The Balaban J connectivity index is 2.46. The fraction of sp³-hybridized carbons (Fsp3) is 0.714. The Labute approximate surface area is 108 Å². The van der Waals surface area contributed by atoms with Crippen LogP contribution in [0.3, 0.4) is 0 Å². The van der Waals surface area contributed by atoms with Crippen LogP contribution < -0.4 is 5.32 Å². The van der Waals surface area contributed by atoms with E-state index in [1.165, 1.54) is 0 Å². The molecule has 0 heterocycles. The van der Waals surface area contributed by atoms with E-state index in [9.17, 15) is 9.59 Å². The molecule has 1 aliphatic carbocycles. The Kier molecular flexibility index (Phi) is 4.77. The van der Waals surface area contributed by atoms with Gasteiger partial charge in [0.1, 0.15) is 11.4 Å². The van der Waals surface area contributed by atoms with Crippen molar-refractivity contribution in [2.24, 2.45) is 5.92 Å². The highest BCUT2D eigenvalue weighted by molar-refractivity contribution is 5.82. The molecule has 4 nitrogen and oxygen atoms in total. The highest BCUT2D eigenvalue weighted by Crippen LogP contribution is 2.34. The maximum absolute atomic E-state index is 11.7. The summed E-state index contributed by atoms with van der Waals surface area (Å²) >= 11 is 0. The molecule has 100 valence electrons. The lowest BCUT2D eigenvalue weighted by molar-refractivity contribution is -0.118. The fourth-order valence-corrected chi connectivity index (χ4v) is 1.72. The number of Topliss-reactive ketones (excluding diaryl/α,β-unsaturated/α-hetero) is 1. The van der Waals surface area contributed by atoms with Gasteiger partial charge in [-0.25, -0.2) is 4.79 Å². The minimum atomic E-state index is -0.527. The minimum absolute atomic E-state index is 0.00883. The summed E-state index contributed by atoms with van der Waals surface area (Å²) in [6, 6.07) is -0.138. The second-order valence-corrected chi connectivity index (χ2v) is 5.71. The monoisotopic (exact) mass is 251 g/mol. The van der Waals surface area contributed by atoms with Crippen LogP contribution in [-0.2, 0) is 9.53 Å². The third kappa shape index (κ3) is 5.72. The van der Waals surface area contributed by atoms with Gasteiger partial charge in [0, 0.05) is 12.5 Å². The molecule has 0 aromatic rings. The summed E-state index contributed by atoms with van der Waals surface area (Å²) in [6.07, 6.45) is 7.15. The van der Waals surface area contributed by atoms with E-state index < -0.39 is 11.7 Å². The molecular formula is C14H21NO3. The molecule has 1 aliphatic rings. The van der Waals surface area contributed by atoms with E-state index in [1.807, 2.05) is 20.8 Å². The van der Waals surface area contributed by atoms with Crippen LogP contribution in [0.15, 0.2) is 0 Å². The van der Waals surface area contributed by atoms with Gasteiger partial charge in [-0.15, -0.1) is 6.42 Å². The minimum Gasteiger partial charge on any atom is -0.444 e. The van der Waals surface area contributed by atoms with Gasteiger partial charge in [-0.3, -0.25) is 4.79 Å². The summed E-state index contributed by atoms with van der Waals surface area (Å²) in [5.74, 6) is 2.71. The third-order valence-electron chi connectivity index (χ3n) is 2.64. The number of nitrogens with one attached hydrogen (secondary N) is 1. The van der Waals surface area contributed by atoms with Gasteiger partial charge in [-0.2, -0.15) is 0 Å². The van der Waals surface area contributed by atoms with Crippen LogP contribution in [0.5, 0.6) is 0 Å². The first kappa shape index (κ1) is 14.6. The van der Waals surface area contributed by atoms with E-state index in [0.29, 0.717) is 12.3 Å². The summed E-state index contributed by atoms with van der Waals surface area (Å²) in [7, 11) is 0. The van der Waals surface area contributed by atoms with E-state index in [4.69, 9.17) is 11.2 Å². The molecule has 1 fully saturated rings. The van der Waals surface area contributed by atoms with Gasteiger partial charge in [0.05, 0.1) is 6.42 Å². The number of rotatable bonds is 5. The van der Waals surface area contributed by atoms with E-state index in [1.54, 1.807) is 0 Å². The average Bonchev–Trinajstić information content (AvgIpc) is 2.96. The van der Waals surface area contributed by atoms with Crippen LogP contribution in [0.1, 0.15) is 46.5 Å². The number of ketones is 1. The first-order valence-electron chi connectivity index (χ1n) is 6.26. The van der Waals surface area contributed by atoms with Gasteiger partial charge >= 0.3 is 6.09 Å². The van der Waals surface area contributed by atoms with Crippen LogP contribution in [0.25, 0.3) is 0 Å². The molecule has 0 aliphatic heterocycles. The maximum Gasteiger partial charge on any atom is 0.407 e. The van der Waals surface area contributed by atoms with Crippen LogP contribution in [-0.4, -0.2) is 23.5 Å². The average molecular weight is 251 g/mol. The number of carbonyl (C=O) groups excluding carboxylic acids is 2. The predicted molar refractivity (Wildman–Crippen MR) is 69.0 cm³/mol. The number of terminal acetylenes is 1. The Morgan fingerprint density at radius 1 is 1.44 bits per heavy atom. The smallest absolute Gasteiger partial charge is 0.407 e. The van der Waals surface area contributed by atoms with Crippen LogP contribution in [0.4, 0.5) is 4.79 Å². The molecule has 0 aromatic carbocycles. The van der Waals surface area contributed by atoms with Gasteiger partial charge in [0.2, 0.25) is 0 Å².